The molecule has 0 aliphatic heterocycles. The maximum absolute atomic E-state index is 6.86. The molecule has 0 radical (unpaired) electrons. The highest BCUT2D eigenvalue weighted by Crippen LogP contribution is 2.47. The second-order valence-electron chi connectivity index (χ2n) is 14.4. The zero-order chi connectivity index (χ0) is 36.3. The first kappa shape index (κ1) is 31.3. The van der Waals surface area contributed by atoms with Gasteiger partial charge in [0.25, 0.3) is 0 Å². The van der Waals surface area contributed by atoms with Gasteiger partial charge < -0.3 is 4.42 Å². The molecule has 0 N–H and O–H groups in total. The number of fused-ring (bicyclic) bond motifs is 6. The Hall–Kier alpha value is -7.22. The summed E-state index contributed by atoms with van der Waals surface area (Å²) in [6.45, 7) is 0. The van der Waals surface area contributed by atoms with Gasteiger partial charge >= 0.3 is 0 Å². The summed E-state index contributed by atoms with van der Waals surface area (Å²) >= 11 is 0. The summed E-state index contributed by atoms with van der Waals surface area (Å²) in [6.07, 6.45) is 0. The minimum absolute atomic E-state index is 0.882. The smallest absolute Gasteiger partial charge is 0.143 e. The van der Waals surface area contributed by atoms with Crippen LogP contribution in [0.4, 0.5) is 0 Å². The summed E-state index contributed by atoms with van der Waals surface area (Å²) in [5.41, 5.74) is 13.7. The van der Waals surface area contributed by atoms with Crippen molar-refractivity contribution in [1.29, 1.82) is 0 Å². The minimum atomic E-state index is 0.882. The largest absolute Gasteiger partial charge is 0.455 e. The van der Waals surface area contributed by atoms with Crippen molar-refractivity contribution in [2.24, 2.45) is 0 Å². The van der Waals surface area contributed by atoms with E-state index < -0.39 is 0 Å². The van der Waals surface area contributed by atoms with E-state index in [0.717, 1.165) is 33.1 Å². The van der Waals surface area contributed by atoms with Gasteiger partial charge in [0, 0.05) is 16.3 Å². The first-order valence-corrected chi connectivity index (χ1v) is 18.9. The van der Waals surface area contributed by atoms with Crippen molar-refractivity contribution < 1.29 is 4.42 Å². The average Bonchev–Trinajstić information content (AvgIpc) is 3.64. The van der Waals surface area contributed by atoms with Crippen molar-refractivity contribution >= 4 is 54.3 Å². The molecule has 0 saturated carbocycles. The van der Waals surface area contributed by atoms with Gasteiger partial charge in [-0.05, 0) is 101 Å². The Balaban J connectivity index is 1.14. The van der Waals surface area contributed by atoms with Crippen LogP contribution >= 0.6 is 0 Å². The standard InChI is InChI=1S/C54H34O/c1-3-15-35(16-4-1)38-29-31-41(36-17-5-2-6-18-36)49(33-38)47-27-14-28-48-50-34-39(30-32-51(50)55-54(47)48)52-43-22-9-11-24-45(43)53(46-25-12-10-23-44(46)52)42-26-13-20-37-19-7-8-21-40(37)42/h1-34H. The molecule has 11 aromatic rings. The maximum Gasteiger partial charge on any atom is 0.143 e. The van der Waals surface area contributed by atoms with Crippen LogP contribution < -0.4 is 0 Å². The zero-order valence-electron chi connectivity index (χ0n) is 30.0. The third-order valence-electron chi connectivity index (χ3n) is 11.3. The van der Waals surface area contributed by atoms with Gasteiger partial charge in [-0.25, -0.2) is 0 Å². The quantitative estimate of drug-likeness (QED) is 0.163. The molecular formula is C54H34O. The van der Waals surface area contributed by atoms with Crippen LogP contribution in [0, 0.1) is 0 Å². The third kappa shape index (κ3) is 5.09. The van der Waals surface area contributed by atoms with Crippen molar-refractivity contribution in [3.63, 3.8) is 0 Å². The molecule has 0 atom stereocenters. The molecule has 0 bridgehead atoms. The molecule has 0 unspecified atom stereocenters. The summed E-state index contributed by atoms with van der Waals surface area (Å²) in [7, 11) is 0. The summed E-state index contributed by atoms with van der Waals surface area (Å²) < 4.78 is 6.86. The molecule has 1 nitrogen and oxygen atoms in total. The molecule has 0 amide bonds. The fourth-order valence-electron chi connectivity index (χ4n) is 8.79. The summed E-state index contributed by atoms with van der Waals surface area (Å²) in [6, 6.07) is 74.6. The molecule has 256 valence electrons. The Bertz CT molecular complexity index is 3180. The van der Waals surface area contributed by atoms with Gasteiger partial charge in [0.05, 0.1) is 0 Å². The Morgan fingerprint density at radius 3 is 1.53 bits per heavy atom. The molecular weight excluding hydrogens is 665 g/mol. The lowest BCUT2D eigenvalue weighted by Crippen LogP contribution is -1.91. The first-order chi connectivity index (χ1) is 27.3. The van der Waals surface area contributed by atoms with Crippen LogP contribution in [0.5, 0.6) is 0 Å². The Kier molecular flexibility index (Phi) is 7.25. The van der Waals surface area contributed by atoms with E-state index >= 15 is 0 Å². The van der Waals surface area contributed by atoms with Crippen molar-refractivity contribution in [3.05, 3.63) is 206 Å². The summed E-state index contributed by atoms with van der Waals surface area (Å²) in [5, 5.41) is 9.71. The lowest BCUT2D eigenvalue weighted by molar-refractivity contribution is 0.670. The third-order valence-corrected chi connectivity index (χ3v) is 11.3. The van der Waals surface area contributed by atoms with Crippen LogP contribution in [0.2, 0.25) is 0 Å². The van der Waals surface area contributed by atoms with Crippen LogP contribution in [-0.4, -0.2) is 0 Å². The van der Waals surface area contributed by atoms with Crippen molar-refractivity contribution in [3.8, 4) is 55.6 Å². The number of para-hydroxylation sites is 1. The fourth-order valence-corrected chi connectivity index (χ4v) is 8.79. The van der Waals surface area contributed by atoms with E-state index in [-0.39, 0.29) is 0 Å². The van der Waals surface area contributed by atoms with E-state index in [1.165, 1.54) is 76.8 Å². The zero-order valence-corrected chi connectivity index (χ0v) is 30.0. The Morgan fingerprint density at radius 2 is 0.800 bits per heavy atom. The van der Waals surface area contributed by atoms with Crippen molar-refractivity contribution in [2.75, 3.05) is 0 Å². The highest BCUT2D eigenvalue weighted by atomic mass is 16.3. The Morgan fingerprint density at radius 1 is 0.255 bits per heavy atom. The van der Waals surface area contributed by atoms with Crippen LogP contribution in [0.15, 0.2) is 211 Å². The average molecular weight is 699 g/mol. The molecule has 0 aliphatic carbocycles. The van der Waals surface area contributed by atoms with Gasteiger partial charge in [0.15, 0.2) is 0 Å². The van der Waals surface area contributed by atoms with E-state index in [2.05, 4.69) is 206 Å². The van der Waals surface area contributed by atoms with Crippen LogP contribution in [0.25, 0.3) is 110 Å². The van der Waals surface area contributed by atoms with Gasteiger partial charge in [-0.15, -0.1) is 0 Å². The molecule has 11 rings (SSSR count). The molecule has 0 saturated heterocycles. The second-order valence-corrected chi connectivity index (χ2v) is 14.4. The Labute approximate surface area is 319 Å². The molecule has 1 heteroatoms. The van der Waals surface area contributed by atoms with Crippen LogP contribution in [-0.2, 0) is 0 Å². The van der Waals surface area contributed by atoms with Gasteiger partial charge in [-0.3, -0.25) is 0 Å². The molecule has 1 heterocycles. The predicted molar refractivity (Wildman–Crippen MR) is 233 cm³/mol. The molecule has 0 fully saturated rings. The summed E-state index contributed by atoms with van der Waals surface area (Å²) in [5.74, 6) is 0. The van der Waals surface area contributed by atoms with Gasteiger partial charge in [0.1, 0.15) is 11.2 Å². The summed E-state index contributed by atoms with van der Waals surface area (Å²) in [4.78, 5) is 0. The van der Waals surface area contributed by atoms with E-state index in [1.54, 1.807) is 0 Å². The lowest BCUT2D eigenvalue weighted by atomic mass is 9.84. The predicted octanol–water partition coefficient (Wildman–Crippen LogP) is 15.4. The van der Waals surface area contributed by atoms with Crippen molar-refractivity contribution in [2.45, 2.75) is 0 Å². The van der Waals surface area contributed by atoms with Crippen molar-refractivity contribution in [1.82, 2.24) is 0 Å². The van der Waals surface area contributed by atoms with Crippen LogP contribution in [0.3, 0.4) is 0 Å². The number of benzene rings is 10. The van der Waals surface area contributed by atoms with Crippen LogP contribution in [0.1, 0.15) is 0 Å². The fraction of sp³-hybridized carbons (Fsp3) is 0. The topological polar surface area (TPSA) is 13.1 Å². The molecule has 10 aromatic carbocycles. The SMILES string of the molecule is c1ccc(-c2ccc(-c3ccccc3)c(-c3cccc4c3oc3ccc(-c5c6ccccc6c(-c6cccc7ccccc67)c6ccccc56)cc34)c2)cc1. The van der Waals surface area contributed by atoms with Gasteiger partial charge in [0.2, 0.25) is 0 Å². The molecule has 0 aliphatic rings. The molecule has 0 spiro atoms. The normalized spacial score (nSPS) is 11.6. The number of hydrogen-bond donors (Lipinski definition) is 0. The lowest BCUT2D eigenvalue weighted by Gasteiger charge is -2.18. The van der Waals surface area contributed by atoms with E-state index in [0.29, 0.717) is 0 Å². The highest BCUT2D eigenvalue weighted by Gasteiger charge is 2.20. The molecule has 55 heavy (non-hydrogen) atoms. The second kappa shape index (κ2) is 12.7. The first-order valence-electron chi connectivity index (χ1n) is 18.9. The highest BCUT2D eigenvalue weighted by molar-refractivity contribution is 6.24. The van der Waals surface area contributed by atoms with E-state index in [9.17, 15) is 0 Å². The maximum atomic E-state index is 6.86. The number of furan rings is 1. The number of hydrogen-bond acceptors (Lipinski definition) is 1. The monoisotopic (exact) mass is 698 g/mol. The number of rotatable bonds is 5. The van der Waals surface area contributed by atoms with Gasteiger partial charge in [-0.1, -0.05) is 188 Å². The molecule has 1 aromatic heterocycles. The minimum Gasteiger partial charge on any atom is -0.455 e. The van der Waals surface area contributed by atoms with E-state index in [1.807, 2.05) is 0 Å². The van der Waals surface area contributed by atoms with Gasteiger partial charge in [-0.2, -0.15) is 0 Å². The van der Waals surface area contributed by atoms with E-state index in [4.69, 9.17) is 4.42 Å².